The van der Waals surface area contributed by atoms with Crippen LogP contribution < -0.4 is 4.90 Å². The second-order valence-electron chi connectivity index (χ2n) is 6.81. The lowest BCUT2D eigenvalue weighted by atomic mass is 9.76. The van der Waals surface area contributed by atoms with Gasteiger partial charge in [0.1, 0.15) is 0 Å². The molecule has 6 nitrogen and oxygen atoms in total. The molecule has 128 valence electrons. The lowest BCUT2D eigenvalue weighted by Crippen LogP contribution is -2.42. The van der Waals surface area contributed by atoms with Crippen molar-refractivity contribution in [1.82, 2.24) is 14.9 Å². The number of likely N-dealkylation sites (tertiary alicyclic amines) is 1. The third-order valence-corrected chi connectivity index (χ3v) is 5.32. The molecule has 6 heteroatoms. The van der Waals surface area contributed by atoms with Crippen molar-refractivity contribution in [2.24, 2.45) is 5.41 Å². The molecule has 1 aromatic heterocycles. The van der Waals surface area contributed by atoms with Crippen LogP contribution in [-0.2, 0) is 9.47 Å². The quantitative estimate of drug-likeness (QED) is 0.790. The lowest BCUT2D eigenvalue weighted by molar-refractivity contribution is 0.0901. The van der Waals surface area contributed by atoms with E-state index in [1.807, 2.05) is 18.5 Å². The number of rotatable bonds is 6. The van der Waals surface area contributed by atoms with E-state index in [1.165, 1.54) is 19.3 Å². The number of anilines is 1. The van der Waals surface area contributed by atoms with Crippen LogP contribution in [-0.4, -0.2) is 74.5 Å². The minimum absolute atomic E-state index is 0.419. The van der Waals surface area contributed by atoms with Crippen LogP contribution in [0.5, 0.6) is 0 Å². The van der Waals surface area contributed by atoms with Gasteiger partial charge in [0.15, 0.2) is 0 Å². The third kappa shape index (κ3) is 3.82. The number of hydrogen-bond donors (Lipinski definition) is 0. The Hall–Kier alpha value is -1.24. The van der Waals surface area contributed by atoms with Crippen molar-refractivity contribution in [3.63, 3.8) is 0 Å². The van der Waals surface area contributed by atoms with Gasteiger partial charge in [-0.05, 0) is 30.7 Å². The van der Waals surface area contributed by atoms with Crippen LogP contribution in [0.25, 0.3) is 0 Å². The first-order valence-electron chi connectivity index (χ1n) is 8.50. The van der Waals surface area contributed by atoms with E-state index in [0.29, 0.717) is 11.5 Å². The van der Waals surface area contributed by atoms with Gasteiger partial charge in [0.05, 0.1) is 13.2 Å². The average Bonchev–Trinajstić information content (AvgIpc) is 2.92. The number of methoxy groups -OCH3 is 2. The summed E-state index contributed by atoms with van der Waals surface area (Å²) < 4.78 is 10.7. The molecule has 0 N–H and O–H groups in total. The number of aromatic nitrogens is 2. The molecule has 1 aromatic rings. The Balaban J connectivity index is 1.60. The highest BCUT2D eigenvalue weighted by atomic mass is 16.5. The van der Waals surface area contributed by atoms with Crippen LogP contribution in [0.2, 0.25) is 0 Å². The smallest absolute Gasteiger partial charge is 0.225 e. The summed E-state index contributed by atoms with van der Waals surface area (Å²) in [5.41, 5.74) is 0.419. The maximum Gasteiger partial charge on any atom is 0.225 e. The Morgan fingerprint density at radius 3 is 2.57 bits per heavy atom. The zero-order valence-electron chi connectivity index (χ0n) is 14.3. The van der Waals surface area contributed by atoms with Gasteiger partial charge < -0.3 is 14.4 Å². The van der Waals surface area contributed by atoms with Crippen LogP contribution in [0.4, 0.5) is 5.95 Å². The molecular weight excluding hydrogens is 292 g/mol. The van der Waals surface area contributed by atoms with E-state index in [1.54, 1.807) is 14.2 Å². The Bertz CT molecular complexity index is 477. The lowest BCUT2D eigenvalue weighted by Gasteiger charge is -2.39. The monoisotopic (exact) mass is 320 g/mol. The summed E-state index contributed by atoms with van der Waals surface area (Å²) in [6.07, 6.45) is 7.28. The highest BCUT2D eigenvalue weighted by Crippen LogP contribution is 2.43. The van der Waals surface area contributed by atoms with Gasteiger partial charge in [-0.1, -0.05) is 0 Å². The summed E-state index contributed by atoms with van der Waals surface area (Å²) in [7, 11) is 3.57. The van der Waals surface area contributed by atoms with Crippen LogP contribution in [0, 0.1) is 5.41 Å². The Morgan fingerprint density at radius 1 is 1.17 bits per heavy atom. The van der Waals surface area contributed by atoms with Gasteiger partial charge in [0.25, 0.3) is 0 Å². The van der Waals surface area contributed by atoms with Crippen molar-refractivity contribution in [1.29, 1.82) is 0 Å². The van der Waals surface area contributed by atoms with Crippen LogP contribution >= 0.6 is 0 Å². The summed E-state index contributed by atoms with van der Waals surface area (Å²) in [5.74, 6) is 0.866. The van der Waals surface area contributed by atoms with Gasteiger partial charge in [-0.25, -0.2) is 9.97 Å². The van der Waals surface area contributed by atoms with Gasteiger partial charge in [0.2, 0.25) is 5.95 Å². The maximum absolute atomic E-state index is 5.45. The second-order valence-corrected chi connectivity index (χ2v) is 6.81. The zero-order valence-corrected chi connectivity index (χ0v) is 14.3. The number of hydrogen-bond acceptors (Lipinski definition) is 6. The minimum Gasteiger partial charge on any atom is -0.383 e. The van der Waals surface area contributed by atoms with Gasteiger partial charge >= 0.3 is 0 Å². The topological polar surface area (TPSA) is 50.7 Å². The fourth-order valence-electron chi connectivity index (χ4n) is 4.08. The summed E-state index contributed by atoms with van der Waals surface area (Å²) in [5, 5.41) is 0. The molecule has 0 aromatic carbocycles. The summed E-state index contributed by atoms with van der Waals surface area (Å²) in [4.78, 5) is 13.6. The molecule has 2 aliphatic rings. The molecule has 0 amide bonds. The van der Waals surface area contributed by atoms with Crippen molar-refractivity contribution < 1.29 is 9.47 Å². The SMILES string of the molecule is COCCN1CC2(CCN(c3ncccn3)CC2)C[C@H]1COC. The Labute approximate surface area is 138 Å². The van der Waals surface area contributed by atoms with Gasteiger partial charge in [-0.2, -0.15) is 0 Å². The fourth-order valence-corrected chi connectivity index (χ4v) is 4.08. The maximum atomic E-state index is 5.45. The molecule has 0 bridgehead atoms. The molecule has 23 heavy (non-hydrogen) atoms. The largest absolute Gasteiger partial charge is 0.383 e. The molecule has 3 heterocycles. The second kappa shape index (κ2) is 7.55. The highest BCUT2D eigenvalue weighted by molar-refractivity contribution is 5.29. The van der Waals surface area contributed by atoms with Crippen molar-refractivity contribution in [3.8, 4) is 0 Å². The number of piperidine rings is 1. The predicted molar refractivity (Wildman–Crippen MR) is 89.6 cm³/mol. The minimum atomic E-state index is 0.419. The molecule has 1 atom stereocenters. The molecule has 1 spiro atoms. The highest BCUT2D eigenvalue weighted by Gasteiger charge is 2.45. The van der Waals surface area contributed by atoms with Gasteiger partial charge in [-0.3, -0.25) is 4.90 Å². The zero-order chi connectivity index (χ0) is 16.1. The number of nitrogens with zero attached hydrogens (tertiary/aromatic N) is 4. The Kier molecular flexibility index (Phi) is 5.46. The standard InChI is InChI=1S/C17H28N4O2/c1-22-11-10-21-14-17(12-15(21)13-23-2)4-8-20(9-5-17)16-18-6-3-7-19-16/h3,6-7,15H,4-5,8-14H2,1-2H3/t15-/m0/s1. The van der Waals surface area contributed by atoms with E-state index in [9.17, 15) is 0 Å². The molecular formula is C17H28N4O2. The molecule has 2 saturated heterocycles. The van der Waals surface area contributed by atoms with E-state index >= 15 is 0 Å². The molecule has 0 unspecified atom stereocenters. The van der Waals surface area contributed by atoms with Gasteiger partial charge in [0, 0.05) is 58.8 Å². The van der Waals surface area contributed by atoms with Crippen molar-refractivity contribution >= 4 is 5.95 Å². The molecule has 3 rings (SSSR count). The summed E-state index contributed by atoms with van der Waals surface area (Å²) >= 11 is 0. The van der Waals surface area contributed by atoms with Crippen molar-refractivity contribution in [2.45, 2.75) is 25.3 Å². The van der Waals surface area contributed by atoms with E-state index in [0.717, 1.165) is 45.3 Å². The van der Waals surface area contributed by atoms with Crippen molar-refractivity contribution in [2.75, 3.05) is 58.5 Å². The van der Waals surface area contributed by atoms with E-state index in [2.05, 4.69) is 19.8 Å². The molecule has 2 aliphatic heterocycles. The van der Waals surface area contributed by atoms with E-state index in [4.69, 9.17) is 9.47 Å². The van der Waals surface area contributed by atoms with E-state index in [-0.39, 0.29) is 0 Å². The van der Waals surface area contributed by atoms with Gasteiger partial charge in [-0.15, -0.1) is 0 Å². The third-order valence-electron chi connectivity index (χ3n) is 5.32. The average molecular weight is 320 g/mol. The fraction of sp³-hybridized carbons (Fsp3) is 0.765. The normalized spacial score (nSPS) is 24.4. The Morgan fingerprint density at radius 2 is 1.91 bits per heavy atom. The number of ether oxygens (including phenoxy) is 2. The molecule has 2 fully saturated rings. The molecule has 0 aliphatic carbocycles. The van der Waals surface area contributed by atoms with E-state index < -0.39 is 0 Å². The predicted octanol–water partition coefficient (Wildman–Crippen LogP) is 1.43. The first-order chi connectivity index (χ1) is 11.3. The van der Waals surface area contributed by atoms with Crippen LogP contribution in [0.3, 0.4) is 0 Å². The van der Waals surface area contributed by atoms with Crippen LogP contribution in [0.1, 0.15) is 19.3 Å². The first-order valence-corrected chi connectivity index (χ1v) is 8.50. The first kappa shape index (κ1) is 16.6. The van der Waals surface area contributed by atoms with Crippen LogP contribution in [0.15, 0.2) is 18.5 Å². The summed E-state index contributed by atoms with van der Waals surface area (Å²) in [6.45, 7) is 5.85. The molecule has 0 saturated carbocycles. The van der Waals surface area contributed by atoms with Crippen molar-refractivity contribution in [3.05, 3.63) is 18.5 Å². The molecule has 0 radical (unpaired) electrons. The summed E-state index contributed by atoms with van der Waals surface area (Å²) in [6, 6.07) is 2.39.